The molecule has 1 atom stereocenters. The van der Waals surface area contributed by atoms with Crippen LogP contribution in [0.2, 0.25) is 25.1 Å². The summed E-state index contributed by atoms with van der Waals surface area (Å²) in [5.74, 6) is 0. The molecule has 2 rings (SSSR count). The minimum absolute atomic E-state index is 0.0109. The molecule has 0 aliphatic carbocycles. The Hall–Kier alpha value is 0.190. The van der Waals surface area contributed by atoms with Gasteiger partial charge in [0.1, 0.15) is 0 Å². The van der Waals surface area contributed by atoms with Gasteiger partial charge in [0.25, 0.3) is 0 Å². The van der Waals surface area contributed by atoms with Gasteiger partial charge in [-0.05, 0) is 20.8 Å². The van der Waals surface area contributed by atoms with Gasteiger partial charge in [0.15, 0.2) is 0 Å². The second kappa shape index (κ2) is 8.92. The van der Waals surface area contributed by atoms with Gasteiger partial charge in [-0.15, -0.1) is 11.8 Å². The van der Waals surface area contributed by atoms with Crippen molar-refractivity contribution in [2.75, 3.05) is 6.61 Å². The number of rotatable bonds is 6. The lowest BCUT2D eigenvalue weighted by Crippen LogP contribution is -2.27. The summed E-state index contributed by atoms with van der Waals surface area (Å²) in [6.07, 6.45) is 5.35. The van der Waals surface area contributed by atoms with E-state index in [-0.39, 0.29) is 36.0 Å². The zero-order valence-electron chi connectivity index (χ0n) is 13.8. The minimum atomic E-state index is -0.267. The van der Waals surface area contributed by atoms with Gasteiger partial charge in [-0.3, -0.25) is 0 Å². The Labute approximate surface area is 176 Å². The van der Waals surface area contributed by atoms with Crippen molar-refractivity contribution in [1.29, 1.82) is 0 Å². The van der Waals surface area contributed by atoms with Gasteiger partial charge >= 0.3 is 0 Å². The van der Waals surface area contributed by atoms with Crippen LogP contribution >= 0.6 is 69.8 Å². The number of aromatic nitrogens is 2. The first-order valence-corrected chi connectivity index (χ1v) is 10.1. The third-order valence-corrected chi connectivity index (χ3v) is 6.89. The van der Waals surface area contributed by atoms with Crippen molar-refractivity contribution in [1.82, 2.24) is 9.55 Å². The molecule has 0 radical (unpaired) electrons. The number of hydrogen-bond acceptors (Lipinski definition) is 3. The van der Waals surface area contributed by atoms with Crippen molar-refractivity contribution >= 4 is 69.8 Å². The van der Waals surface area contributed by atoms with Crippen LogP contribution in [0.3, 0.4) is 0 Å². The number of hydrogen-bond donors (Lipinski definition) is 0. The molecule has 0 fully saturated rings. The van der Waals surface area contributed by atoms with Crippen LogP contribution in [-0.2, 0) is 11.3 Å². The zero-order chi connectivity index (χ0) is 18.8. The molecular formula is C16H17Cl5N2OS. The highest BCUT2D eigenvalue weighted by molar-refractivity contribution is 8.00. The molecule has 9 heteroatoms. The highest BCUT2D eigenvalue weighted by Crippen LogP contribution is 2.48. The lowest BCUT2D eigenvalue weighted by molar-refractivity contribution is -0.00308. The molecule has 1 aromatic carbocycles. The van der Waals surface area contributed by atoms with Crippen LogP contribution in [0.5, 0.6) is 0 Å². The maximum absolute atomic E-state index is 6.35. The molecule has 0 spiro atoms. The summed E-state index contributed by atoms with van der Waals surface area (Å²) in [4.78, 5) is 4.66. The van der Waals surface area contributed by atoms with E-state index in [1.807, 2.05) is 31.5 Å². The molecule has 0 saturated heterocycles. The van der Waals surface area contributed by atoms with Crippen molar-refractivity contribution in [2.45, 2.75) is 43.1 Å². The predicted octanol–water partition coefficient (Wildman–Crippen LogP) is 7.13. The standard InChI is InChI=1S/C16H17Cl5N2OS/c1-16(2,3)24-7-9(6-23-5-4-22-8-23)25-15-13(20)11(18)10(17)12(19)14(15)21/h4-5,8-9H,6-7H2,1-3H3. The van der Waals surface area contributed by atoms with E-state index in [2.05, 4.69) is 4.98 Å². The summed E-state index contributed by atoms with van der Waals surface area (Å²) >= 11 is 32.5. The lowest BCUT2D eigenvalue weighted by atomic mass is 10.2. The van der Waals surface area contributed by atoms with Crippen molar-refractivity contribution in [2.24, 2.45) is 0 Å². The topological polar surface area (TPSA) is 27.1 Å². The van der Waals surface area contributed by atoms with Gasteiger partial charge in [-0.2, -0.15) is 0 Å². The Kier molecular flexibility index (Phi) is 7.67. The van der Waals surface area contributed by atoms with E-state index in [9.17, 15) is 0 Å². The normalized spacial score (nSPS) is 13.3. The molecular weight excluding hydrogens is 446 g/mol. The summed E-state index contributed by atoms with van der Waals surface area (Å²) in [5.41, 5.74) is -0.267. The van der Waals surface area contributed by atoms with Crippen LogP contribution < -0.4 is 0 Å². The second-order valence-corrected chi connectivity index (χ2v) is 9.52. The zero-order valence-corrected chi connectivity index (χ0v) is 18.4. The van der Waals surface area contributed by atoms with E-state index < -0.39 is 0 Å². The van der Waals surface area contributed by atoms with Gasteiger partial charge in [0, 0.05) is 23.8 Å². The Balaban J connectivity index is 2.29. The summed E-state index contributed by atoms with van der Waals surface area (Å²) in [5, 5.41) is 1.13. The first-order valence-electron chi connectivity index (χ1n) is 7.38. The predicted molar refractivity (Wildman–Crippen MR) is 109 cm³/mol. The fourth-order valence-electron chi connectivity index (χ4n) is 1.95. The average Bonchev–Trinajstić information content (AvgIpc) is 3.05. The van der Waals surface area contributed by atoms with E-state index in [1.165, 1.54) is 11.8 Å². The molecule has 2 aromatic rings. The molecule has 25 heavy (non-hydrogen) atoms. The van der Waals surface area contributed by atoms with Gasteiger partial charge in [0.05, 0.1) is 48.9 Å². The second-order valence-electron chi connectivity index (χ2n) is 6.32. The number of imidazole rings is 1. The first kappa shape index (κ1) is 21.5. The summed E-state index contributed by atoms with van der Waals surface area (Å²) in [6, 6.07) is 0. The highest BCUT2D eigenvalue weighted by Gasteiger charge is 2.24. The molecule has 1 heterocycles. The molecule has 3 nitrogen and oxygen atoms in total. The molecule has 0 amide bonds. The Morgan fingerprint density at radius 2 is 1.60 bits per heavy atom. The number of benzene rings is 1. The van der Waals surface area contributed by atoms with Crippen molar-refractivity contribution in [3.63, 3.8) is 0 Å². The Morgan fingerprint density at radius 1 is 1.04 bits per heavy atom. The number of thioether (sulfide) groups is 1. The SMILES string of the molecule is CC(C)(C)OCC(Cn1ccnc1)Sc1c(Cl)c(Cl)c(Cl)c(Cl)c1Cl. The van der Waals surface area contributed by atoms with Crippen molar-refractivity contribution in [3.8, 4) is 0 Å². The summed E-state index contributed by atoms with van der Waals surface area (Å²) < 4.78 is 7.91. The summed E-state index contributed by atoms with van der Waals surface area (Å²) in [6.45, 7) is 7.15. The molecule has 0 N–H and O–H groups in total. The van der Waals surface area contributed by atoms with Crippen LogP contribution in [0.1, 0.15) is 20.8 Å². The van der Waals surface area contributed by atoms with Crippen LogP contribution in [0, 0.1) is 0 Å². The van der Waals surface area contributed by atoms with Crippen LogP contribution in [0.15, 0.2) is 23.6 Å². The van der Waals surface area contributed by atoms with E-state index in [0.29, 0.717) is 18.0 Å². The molecule has 1 aromatic heterocycles. The van der Waals surface area contributed by atoms with E-state index in [1.54, 1.807) is 12.5 Å². The molecule has 1 unspecified atom stereocenters. The summed E-state index contributed by atoms with van der Waals surface area (Å²) in [7, 11) is 0. The van der Waals surface area contributed by atoms with E-state index >= 15 is 0 Å². The number of nitrogens with zero attached hydrogens (tertiary/aromatic N) is 2. The Bertz CT molecular complexity index is 702. The van der Waals surface area contributed by atoms with Crippen LogP contribution in [0.4, 0.5) is 0 Å². The van der Waals surface area contributed by atoms with Gasteiger partial charge in [-0.25, -0.2) is 4.98 Å². The quantitative estimate of drug-likeness (QED) is 0.260. The minimum Gasteiger partial charge on any atom is -0.375 e. The van der Waals surface area contributed by atoms with Crippen molar-refractivity contribution < 1.29 is 4.74 Å². The average molecular weight is 463 g/mol. The fourth-order valence-corrected chi connectivity index (χ4v) is 4.60. The monoisotopic (exact) mass is 460 g/mol. The number of halogens is 5. The lowest BCUT2D eigenvalue weighted by Gasteiger charge is -2.25. The maximum Gasteiger partial charge on any atom is 0.0946 e. The largest absolute Gasteiger partial charge is 0.375 e. The molecule has 0 saturated carbocycles. The smallest absolute Gasteiger partial charge is 0.0946 e. The van der Waals surface area contributed by atoms with Crippen molar-refractivity contribution in [3.05, 3.63) is 43.8 Å². The molecule has 0 aliphatic rings. The maximum atomic E-state index is 6.35. The molecule has 0 bridgehead atoms. The van der Waals surface area contributed by atoms with Gasteiger partial charge in [0.2, 0.25) is 0 Å². The fraction of sp³-hybridized carbons (Fsp3) is 0.438. The van der Waals surface area contributed by atoms with E-state index in [0.717, 1.165) is 0 Å². The third-order valence-electron chi connectivity index (χ3n) is 3.13. The Morgan fingerprint density at radius 3 is 2.08 bits per heavy atom. The third kappa shape index (κ3) is 5.83. The van der Waals surface area contributed by atoms with Crippen LogP contribution in [0.25, 0.3) is 0 Å². The number of ether oxygens (including phenoxy) is 1. The van der Waals surface area contributed by atoms with Gasteiger partial charge in [-0.1, -0.05) is 58.0 Å². The van der Waals surface area contributed by atoms with E-state index in [4.69, 9.17) is 62.7 Å². The molecule has 0 aliphatic heterocycles. The van der Waals surface area contributed by atoms with Gasteiger partial charge < -0.3 is 9.30 Å². The van der Waals surface area contributed by atoms with Crippen LogP contribution in [-0.4, -0.2) is 27.0 Å². The first-order chi connectivity index (χ1) is 11.6. The molecule has 138 valence electrons. The highest BCUT2D eigenvalue weighted by atomic mass is 35.5.